The number of nitrogens with one attached hydrogen (secondary N) is 1. The Balaban J connectivity index is 2.22. The highest BCUT2D eigenvalue weighted by atomic mass is 35.5. The maximum Gasteiger partial charge on any atom is 0.338 e. The molecule has 0 atom stereocenters. The number of benzene rings is 2. The summed E-state index contributed by atoms with van der Waals surface area (Å²) in [6, 6.07) is 8.79. The first-order valence-electron chi connectivity index (χ1n) is 7.01. The Bertz CT molecular complexity index is 899. The monoisotopic (exact) mass is 403 g/mol. The van der Waals surface area contributed by atoms with Gasteiger partial charge in [-0.3, -0.25) is 0 Å². The SMILES string of the molecule is CNS(=O)(=O)c1cc(C(=O)OCc2cc(Cl)ccc2OC)ccc1Cl. The molecule has 0 aliphatic carbocycles. The molecule has 25 heavy (non-hydrogen) atoms. The summed E-state index contributed by atoms with van der Waals surface area (Å²) in [4.78, 5) is 12.0. The molecule has 2 aromatic rings. The minimum absolute atomic E-state index is 0.00223. The second-order valence-corrected chi connectivity index (χ2v) is 7.58. The average molecular weight is 404 g/mol. The molecule has 0 fully saturated rings. The quantitative estimate of drug-likeness (QED) is 0.748. The molecule has 0 bridgehead atoms. The highest BCUT2D eigenvalue weighted by molar-refractivity contribution is 7.89. The van der Waals surface area contributed by atoms with Gasteiger partial charge >= 0.3 is 5.97 Å². The molecular weight excluding hydrogens is 389 g/mol. The molecule has 0 unspecified atom stereocenters. The van der Waals surface area contributed by atoms with Crippen LogP contribution in [-0.2, 0) is 21.4 Å². The number of methoxy groups -OCH3 is 1. The molecule has 0 aromatic heterocycles. The third-order valence-electron chi connectivity index (χ3n) is 3.33. The van der Waals surface area contributed by atoms with Crippen molar-refractivity contribution in [1.82, 2.24) is 4.72 Å². The van der Waals surface area contributed by atoms with Crippen molar-refractivity contribution in [2.45, 2.75) is 11.5 Å². The van der Waals surface area contributed by atoms with Crippen LogP contribution >= 0.6 is 23.2 Å². The number of halogens is 2. The molecule has 2 rings (SSSR count). The zero-order valence-electron chi connectivity index (χ0n) is 13.4. The minimum atomic E-state index is -3.80. The lowest BCUT2D eigenvalue weighted by atomic mass is 10.2. The molecular formula is C16H15Cl2NO5S. The third kappa shape index (κ3) is 4.64. The van der Waals surface area contributed by atoms with Crippen molar-refractivity contribution in [3.05, 3.63) is 57.6 Å². The van der Waals surface area contributed by atoms with Crippen LogP contribution in [0.25, 0.3) is 0 Å². The first-order chi connectivity index (χ1) is 11.8. The summed E-state index contributed by atoms with van der Waals surface area (Å²) in [7, 11) is -1.05. The maximum absolute atomic E-state index is 12.2. The van der Waals surface area contributed by atoms with Gasteiger partial charge in [0.25, 0.3) is 0 Å². The lowest BCUT2D eigenvalue weighted by molar-refractivity contribution is 0.0470. The number of ether oxygens (including phenoxy) is 2. The van der Waals surface area contributed by atoms with E-state index in [0.29, 0.717) is 16.3 Å². The fraction of sp³-hybridized carbons (Fsp3) is 0.188. The van der Waals surface area contributed by atoms with Crippen LogP contribution in [0.1, 0.15) is 15.9 Å². The molecule has 0 spiro atoms. The number of sulfonamides is 1. The van der Waals surface area contributed by atoms with Crippen LogP contribution in [0.2, 0.25) is 10.0 Å². The van der Waals surface area contributed by atoms with E-state index in [1.165, 1.54) is 26.3 Å². The second-order valence-electron chi connectivity index (χ2n) is 4.89. The molecule has 9 heteroatoms. The number of hydrogen-bond acceptors (Lipinski definition) is 5. The van der Waals surface area contributed by atoms with Crippen molar-refractivity contribution in [3.8, 4) is 5.75 Å². The molecule has 1 N–H and O–H groups in total. The van der Waals surface area contributed by atoms with Crippen molar-refractivity contribution in [2.75, 3.05) is 14.2 Å². The van der Waals surface area contributed by atoms with Gasteiger partial charge in [0.2, 0.25) is 10.0 Å². The Morgan fingerprint density at radius 2 is 1.88 bits per heavy atom. The lowest BCUT2D eigenvalue weighted by Gasteiger charge is -2.11. The van der Waals surface area contributed by atoms with E-state index in [9.17, 15) is 13.2 Å². The number of carbonyl (C=O) groups excluding carboxylic acids is 1. The van der Waals surface area contributed by atoms with Gasteiger partial charge in [0, 0.05) is 10.6 Å². The van der Waals surface area contributed by atoms with Crippen LogP contribution < -0.4 is 9.46 Å². The van der Waals surface area contributed by atoms with Crippen molar-refractivity contribution in [3.63, 3.8) is 0 Å². The van der Waals surface area contributed by atoms with E-state index in [-0.39, 0.29) is 22.1 Å². The highest BCUT2D eigenvalue weighted by Gasteiger charge is 2.19. The Hall–Kier alpha value is -1.80. The van der Waals surface area contributed by atoms with Crippen LogP contribution in [0.4, 0.5) is 0 Å². The van der Waals surface area contributed by atoms with Gasteiger partial charge in [0.15, 0.2) is 0 Å². The van der Waals surface area contributed by atoms with Gasteiger partial charge in [-0.15, -0.1) is 0 Å². The summed E-state index contributed by atoms with van der Waals surface area (Å²) in [5.41, 5.74) is 0.639. The summed E-state index contributed by atoms with van der Waals surface area (Å²) in [6.07, 6.45) is 0. The highest BCUT2D eigenvalue weighted by Crippen LogP contribution is 2.25. The van der Waals surface area contributed by atoms with Gasteiger partial charge in [-0.25, -0.2) is 17.9 Å². The first kappa shape index (κ1) is 19.5. The van der Waals surface area contributed by atoms with E-state index in [0.717, 1.165) is 6.07 Å². The molecule has 0 saturated heterocycles. The van der Waals surface area contributed by atoms with Crippen molar-refractivity contribution in [1.29, 1.82) is 0 Å². The molecule has 0 heterocycles. The summed E-state index contributed by atoms with van der Waals surface area (Å²) in [5.74, 6) is -0.182. The first-order valence-corrected chi connectivity index (χ1v) is 9.25. The Morgan fingerprint density at radius 3 is 2.52 bits per heavy atom. The Morgan fingerprint density at radius 1 is 1.16 bits per heavy atom. The fourth-order valence-electron chi connectivity index (χ4n) is 2.03. The Labute approximate surface area is 155 Å². The number of carbonyl (C=O) groups is 1. The molecule has 0 aliphatic heterocycles. The van der Waals surface area contributed by atoms with Gasteiger partial charge in [0.1, 0.15) is 17.3 Å². The van der Waals surface area contributed by atoms with Gasteiger partial charge < -0.3 is 9.47 Å². The van der Waals surface area contributed by atoms with Crippen LogP contribution in [0.5, 0.6) is 5.75 Å². The molecule has 0 amide bonds. The van der Waals surface area contributed by atoms with Gasteiger partial charge in [0.05, 0.1) is 17.7 Å². The summed E-state index contributed by atoms with van der Waals surface area (Å²) >= 11 is 11.8. The standard InChI is InChI=1S/C16H15Cl2NO5S/c1-19-25(21,22)15-8-10(3-5-13(15)18)16(20)24-9-11-7-12(17)4-6-14(11)23-2/h3-8,19H,9H2,1-2H3. The maximum atomic E-state index is 12.2. The van der Waals surface area contributed by atoms with E-state index in [1.807, 2.05) is 0 Å². The number of rotatable bonds is 6. The van der Waals surface area contributed by atoms with Gasteiger partial charge in [-0.05, 0) is 43.4 Å². The zero-order chi connectivity index (χ0) is 18.6. The third-order valence-corrected chi connectivity index (χ3v) is 5.46. The van der Waals surface area contributed by atoms with Crippen LogP contribution in [0, 0.1) is 0 Å². The normalized spacial score (nSPS) is 11.2. The summed E-state index contributed by atoms with van der Waals surface area (Å²) in [5, 5.41) is 0.475. The molecule has 0 aliphatic rings. The fourth-order valence-corrected chi connectivity index (χ4v) is 3.48. The largest absolute Gasteiger partial charge is 0.496 e. The van der Waals surface area contributed by atoms with Crippen molar-refractivity contribution < 1.29 is 22.7 Å². The minimum Gasteiger partial charge on any atom is -0.496 e. The average Bonchev–Trinajstić information content (AvgIpc) is 2.60. The molecule has 0 radical (unpaired) electrons. The second kappa shape index (κ2) is 8.05. The van der Waals surface area contributed by atoms with E-state index >= 15 is 0 Å². The molecule has 2 aromatic carbocycles. The van der Waals surface area contributed by atoms with E-state index < -0.39 is 16.0 Å². The predicted molar refractivity (Wildman–Crippen MR) is 94.8 cm³/mol. The molecule has 0 saturated carbocycles. The van der Waals surface area contributed by atoms with Crippen LogP contribution in [0.3, 0.4) is 0 Å². The summed E-state index contributed by atoms with van der Waals surface area (Å²) in [6.45, 7) is -0.0840. The number of esters is 1. The Kier molecular flexibility index (Phi) is 6.29. The van der Waals surface area contributed by atoms with E-state index in [4.69, 9.17) is 32.7 Å². The van der Waals surface area contributed by atoms with Gasteiger partial charge in [-0.2, -0.15) is 0 Å². The van der Waals surface area contributed by atoms with Crippen LogP contribution in [-0.4, -0.2) is 28.5 Å². The smallest absolute Gasteiger partial charge is 0.338 e. The molecule has 6 nitrogen and oxygen atoms in total. The predicted octanol–water partition coefficient (Wildman–Crippen LogP) is 3.27. The number of hydrogen-bond donors (Lipinski definition) is 1. The van der Waals surface area contributed by atoms with Crippen molar-refractivity contribution in [2.24, 2.45) is 0 Å². The van der Waals surface area contributed by atoms with Crippen molar-refractivity contribution >= 4 is 39.2 Å². The van der Waals surface area contributed by atoms with Gasteiger partial charge in [-0.1, -0.05) is 23.2 Å². The summed E-state index contributed by atoms with van der Waals surface area (Å²) < 4.78 is 36.4. The van der Waals surface area contributed by atoms with Crippen LogP contribution in [0.15, 0.2) is 41.3 Å². The molecule has 134 valence electrons. The topological polar surface area (TPSA) is 81.7 Å². The zero-order valence-corrected chi connectivity index (χ0v) is 15.7. The lowest BCUT2D eigenvalue weighted by Crippen LogP contribution is -2.19. The van der Waals surface area contributed by atoms with E-state index in [1.54, 1.807) is 18.2 Å². The van der Waals surface area contributed by atoms with E-state index in [2.05, 4.69) is 4.72 Å².